The van der Waals surface area contributed by atoms with Crippen molar-refractivity contribution in [2.24, 2.45) is 5.73 Å². The Hall–Kier alpha value is 0.320. The van der Waals surface area contributed by atoms with Gasteiger partial charge < -0.3 is 10.5 Å². The highest BCUT2D eigenvalue weighted by Crippen LogP contribution is 2.11. The molecule has 0 saturated heterocycles. The molecule has 94 valence electrons. The van der Waals surface area contributed by atoms with Crippen LogP contribution >= 0.6 is 36.8 Å². The zero-order valence-electron chi connectivity index (χ0n) is 9.02. The van der Waals surface area contributed by atoms with E-state index in [1.54, 1.807) is 0 Å². The number of hydrogen-bond acceptors (Lipinski definition) is 5. The second kappa shape index (κ2) is 14.3. The van der Waals surface area contributed by atoms with Crippen LogP contribution in [-0.4, -0.2) is 30.9 Å². The van der Waals surface area contributed by atoms with Crippen molar-refractivity contribution in [2.45, 2.75) is 25.5 Å². The summed E-state index contributed by atoms with van der Waals surface area (Å²) >= 11 is 1.41. The predicted octanol–water partition coefficient (Wildman–Crippen LogP) is 1.37. The SMILES string of the molecule is CCNSC(CC)C(=O)OCCN.Cl.Cl. The average molecular weight is 279 g/mol. The molecule has 15 heavy (non-hydrogen) atoms. The molecule has 0 radical (unpaired) electrons. The van der Waals surface area contributed by atoms with Gasteiger partial charge in [-0.15, -0.1) is 24.8 Å². The van der Waals surface area contributed by atoms with E-state index in [1.807, 2.05) is 13.8 Å². The minimum Gasteiger partial charge on any atom is -0.463 e. The molecule has 0 bridgehead atoms. The number of nitrogens with one attached hydrogen (secondary N) is 1. The molecular weight excluding hydrogens is 259 g/mol. The standard InChI is InChI=1S/C8H18N2O2S.2ClH/c1-3-7(13-10-4-2)8(11)12-6-5-9;;/h7,10H,3-6,9H2,1-2H3;2*1H. The van der Waals surface area contributed by atoms with Crippen LogP contribution in [0, 0.1) is 0 Å². The summed E-state index contributed by atoms with van der Waals surface area (Å²) in [7, 11) is 0. The summed E-state index contributed by atoms with van der Waals surface area (Å²) in [6.07, 6.45) is 0.765. The fraction of sp³-hybridized carbons (Fsp3) is 0.875. The molecule has 0 heterocycles. The van der Waals surface area contributed by atoms with E-state index in [-0.39, 0.29) is 36.0 Å². The maximum absolute atomic E-state index is 11.3. The van der Waals surface area contributed by atoms with Crippen LogP contribution in [0.1, 0.15) is 20.3 Å². The summed E-state index contributed by atoms with van der Waals surface area (Å²) in [5.41, 5.74) is 5.22. The number of halogens is 2. The second-order valence-electron chi connectivity index (χ2n) is 2.47. The van der Waals surface area contributed by atoms with Gasteiger partial charge in [-0.1, -0.05) is 25.8 Å². The van der Waals surface area contributed by atoms with E-state index >= 15 is 0 Å². The van der Waals surface area contributed by atoms with Crippen LogP contribution in [0.15, 0.2) is 0 Å². The van der Waals surface area contributed by atoms with E-state index in [0.717, 1.165) is 13.0 Å². The third kappa shape index (κ3) is 10.6. The predicted molar refractivity (Wildman–Crippen MR) is 69.9 cm³/mol. The normalized spacial score (nSPS) is 10.9. The van der Waals surface area contributed by atoms with Gasteiger partial charge >= 0.3 is 5.97 Å². The van der Waals surface area contributed by atoms with Gasteiger partial charge in [-0.25, -0.2) is 0 Å². The smallest absolute Gasteiger partial charge is 0.320 e. The Morgan fingerprint density at radius 1 is 1.47 bits per heavy atom. The molecule has 0 aliphatic heterocycles. The van der Waals surface area contributed by atoms with Crippen molar-refractivity contribution in [3.8, 4) is 0 Å². The molecule has 1 unspecified atom stereocenters. The highest BCUT2D eigenvalue weighted by molar-refractivity contribution is 7.98. The Morgan fingerprint density at radius 2 is 2.07 bits per heavy atom. The van der Waals surface area contributed by atoms with Gasteiger partial charge in [0.25, 0.3) is 0 Å². The molecule has 0 fully saturated rings. The van der Waals surface area contributed by atoms with Crippen LogP contribution < -0.4 is 10.5 Å². The largest absolute Gasteiger partial charge is 0.463 e. The number of nitrogens with two attached hydrogens (primary N) is 1. The molecule has 1 atom stereocenters. The van der Waals surface area contributed by atoms with Crippen molar-refractivity contribution in [3.63, 3.8) is 0 Å². The molecule has 0 aromatic rings. The van der Waals surface area contributed by atoms with Crippen LogP contribution in [0.4, 0.5) is 0 Å². The summed E-state index contributed by atoms with van der Waals surface area (Å²) in [6, 6.07) is 0. The quantitative estimate of drug-likeness (QED) is 0.544. The third-order valence-electron chi connectivity index (χ3n) is 1.37. The molecule has 0 aliphatic rings. The van der Waals surface area contributed by atoms with Crippen molar-refractivity contribution in [1.82, 2.24) is 4.72 Å². The van der Waals surface area contributed by atoms with Crippen LogP contribution in [0.5, 0.6) is 0 Å². The molecule has 0 aromatic heterocycles. The minimum absolute atomic E-state index is 0. The summed E-state index contributed by atoms with van der Waals surface area (Å²) in [5, 5.41) is -0.119. The van der Waals surface area contributed by atoms with Gasteiger partial charge in [-0.3, -0.25) is 9.52 Å². The van der Waals surface area contributed by atoms with E-state index in [9.17, 15) is 4.79 Å². The van der Waals surface area contributed by atoms with Crippen LogP contribution in [0.25, 0.3) is 0 Å². The Kier molecular flexibility index (Phi) is 19.8. The van der Waals surface area contributed by atoms with Crippen LogP contribution in [-0.2, 0) is 9.53 Å². The number of hydrogen-bond donors (Lipinski definition) is 2. The van der Waals surface area contributed by atoms with Crippen molar-refractivity contribution in [3.05, 3.63) is 0 Å². The molecule has 4 nitrogen and oxygen atoms in total. The lowest BCUT2D eigenvalue weighted by atomic mass is 10.3. The summed E-state index contributed by atoms with van der Waals surface area (Å²) in [6.45, 7) is 5.48. The molecule has 0 aromatic carbocycles. The fourth-order valence-electron chi connectivity index (χ4n) is 0.735. The van der Waals surface area contributed by atoms with Crippen molar-refractivity contribution in [1.29, 1.82) is 0 Å². The van der Waals surface area contributed by atoms with Gasteiger partial charge in [-0.2, -0.15) is 0 Å². The van der Waals surface area contributed by atoms with Gasteiger partial charge in [0, 0.05) is 13.1 Å². The Bertz CT molecular complexity index is 153. The number of carbonyl (C=O) groups is 1. The lowest BCUT2D eigenvalue weighted by molar-refractivity contribution is -0.142. The van der Waals surface area contributed by atoms with E-state index in [0.29, 0.717) is 13.2 Å². The van der Waals surface area contributed by atoms with Crippen molar-refractivity contribution >= 4 is 42.7 Å². The molecule has 0 amide bonds. The van der Waals surface area contributed by atoms with Gasteiger partial charge in [0.1, 0.15) is 11.9 Å². The number of carbonyl (C=O) groups excluding carboxylic acids is 1. The number of rotatable bonds is 7. The minimum atomic E-state index is -0.182. The Balaban J connectivity index is -0.000000720. The van der Waals surface area contributed by atoms with Gasteiger partial charge in [0.2, 0.25) is 0 Å². The molecule has 3 N–H and O–H groups in total. The van der Waals surface area contributed by atoms with Crippen molar-refractivity contribution in [2.75, 3.05) is 19.7 Å². The molecule has 0 saturated carbocycles. The zero-order valence-corrected chi connectivity index (χ0v) is 11.5. The molecule has 0 spiro atoms. The highest BCUT2D eigenvalue weighted by atomic mass is 35.5. The maximum atomic E-state index is 11.3. The lowest BCUT2D eigenvalue weighted by Gasteiger charge is -2.12. The Labute approximate surface area is 108 Å². The fourth-order valence-corrected chi connectivity index (χ4v) is 1.43. The van der Waals surface area contributed by atoms with E-state index < -0.39 is 0 Å². The van der Waals surface area contributed by atoms with Crippen LogP contribution in [0.3, 0.4) is 0 Å². The first kappa shape index (κ1) is 20.7. The van der Waals surface area contributed by atoms with Crippen LogP contribution in [0.2, 0.25) is 0 Å². The van der Waals surface area contributed by atoms with Gasteiger partial charge in [-0.05, 0) is 6.42 Å². The first-order valence-corrected chi connectivity index (χ1v) is 5.39. The summed E-state index contributed by atoms with van der Waals surface area (Å²) < 4.78 is 7.96. The zero-order chi connectivity index (χ0) is 10.1. The van der Waals surface area contributed by atoms with E-state index in [2.05, 4.69) is 4.72 Å². The Morgan fingerprint density at radius 3 is 2.47 bits per heavy atom. The molecule has 0 aliphatic carbocycles. The second-order valence-corrected chi connectivity index (χ2v) is 3.56. The van der Waals surface area contributed by atoms with E-state index in [1.165, 1.54) is 11.9 Å². The third-order valence-corrected chi connectivity index (χ3v) is 2.63. The van der Waals surface area contributed by atoms with Crippen molar-refractivity contribution < 1.29 is 9.53 Å². The molecule has 0 rings (SSSR count). The number of ether oxygens (including phenoxy) is 1. The van der Waals surface area contributed by atoms with Gasteiger partial charge in [0.05, 0.1) is 0 Å². The summed E-state index contributed by atoms with van der Waals surface area (Å²) in [4.78, 5) is 11.3. The molecule has 7 heteroatoms. The number of esters is 1. The van der Waals surface area contributed by atoms with Gasteiger partial charge in [0.15, 0.2) is 0 Å². The topological polar surface area (TPSA) is 64.3 Å². The highest BCUT2D eigenvalue weighted by Gasteiger charge is 2.17. The van der Waals surface area contributed by atoms with E-state index in [4.69, 9.17) is 10.5 Å². The first-order valence-electron chi connectivity index (χ1n) is 4.51. The average Bonchev–Trinajstić information content (AvgIpc) is 2.16. The monoisotopic (exact) mass is 278 g/mol. The lowest BCUT2D eigenvalue weighted by Crippen LogP contribution is -2.25. The summed E-state index contributed by atoms with van der Waals surface area (Å²) in [5.74, 6) is -0.182. The molecular formula is C8H20Cl2N2O2S. The maximum Gasteiger partial charge on any atom is 0.320 e. The first-order chi connectivity index (χ1) is 6.26.